The molecule has 2 nitrogen and oxygen atoms in total. The molecular weight excluding hydrogens is 258 g/mol. The Morgan fingerprint density at radius 2 is 2.05 bits per heavy atom. The van der Waals surface area contributed by atoms with Crippen molar-refractivity contribution in [1.82, 2.24) is 5.32 Å². The van der Waals surface area contributed by atoms with Crippen molar-refractivity contribution in [1.29, 1.82) is 0 Å². The second kappa shape index (κ2) is 7.76. The Morgan fingerprint density at radius 1 is 1.26 bits per heavy atom. The number of halogens is 1. The molecule has 106 valence electrons. The highest BCUT2D eigenvalue weighted by molar-refractivity contribution is 6.30. The molecule has 2 atom stereocenters. The third-order valence-electron chi connectivity index (χ3n) is 3.89. The fourth-order valence-electron chi connectivity index (χ4n) is 2.84. The first-order valence-corrected chi connectivity index (χ1v) is 7.79. The standard InChI is InChI=1S/C16H24ClNO/c1-2-11-18-16-5-3-4-13(16)10-12-19-15-8-6-14(17)7-9-15/h6-9,13,16,18H,2-5,10-12H2,1H3. The van der Waals surface area contributed by atoms with E-state index in [4.69, 9.17) is 16.3 Å². The van der Waals surface area contributed by atoms with Gasteiger partial charge in [-0.05, 0) is 62.4 Å². The van der Waals surface area contributed by atoms with Crippen LogP contribution in [-0.2, 0) is 0 Å². The zero-order chi connectivity index (χ0) is 13.5. The Hall–Kier alpha value is -0.730. The molecule has 0 radical (unpaired) electrons. The van der Waals surface area contributed by atoms with Crippen LogP contribution in [0, 0.1) is 5.92 Å². The highest BCUT2D eigenvalue weighted by Crippen LogP contribution is 2.28. The van der Waals surface area contributed by atoms with Crippen LogP contribution in [0.3, 0.4) is 0 Å². The van der Waals surface area contributed by atoms with Gasteiger partial charge in [0.2, 0.25) is 0 Å². The van der Waals surface area contributed by atoms with Crippen LogP contribution in [0.15, 0.2) is 24.3 Å². The van der Waals surface area contributed by atoms with Crippen molar-refractivity contribution in [3.8, 4) is 5.75 Å². The number of ether oxygens (including phenoxy) is 1. The van der Waals surface area contributed by atoms with Gasteiger partial charge in [-0.25, -0.2) is 0 Å². The highest BCUT2D eigenvalue weighted by atomic mass is 35.5. The highest BCUT2D eigenvalue weighted by Gasteiger charge is 2.26. The molecule has 0 bridgehead atoms. The molecule has 2 rings (SSSR count). The largest absolute Gasteiger partial charge is 0.494 e. The van der Waals surface area contributed by atoms with E-state index in [-0.39, 0.29) is 0 Å². The second-order valence-electron chi connectivity index (χ2n) is 5.34. The summed E-state index contributed by atoms with van der Waals surface area (Å²) in [5.74, 6) is 1.69. The molecular formula is C16H24ClNO. The van der Waals surface area contributed by atoms with Crippen LogP contribution in [-0.4, -0.2) is 19.2 Å². The fourth-order valence-corrected chi connectivity index (χ4v) is 2.97. The van der Waals surface area contributed by atoms with Gasteiger partial charge in [-0.15, -0.1) is 0 Å². The SMILES string of the molecule is CCCNC1CCCC1CCOc1ccc(Cl)cc1. The molecule has 1 fully saturated rings. The molecule has 3 heteroatoms. The van der Waals surface area contributed by atoms with Crippen molar-refractivity contribution in [2.24, 2.45) is 5.92 Å². The van der Waals surface area contributed by atoms with Crippen LogP contribution in [0.5, 0.6) is 5.75 Å². The predicted octanol–water partition coefficient (Wildman–Crippen LogP) is 4.28. The van der Waals surface area contributed by atoms with E-state index in [9.17, 15) is 0 Å². The maximum atomic E-state index is 5.85. The van der Waals surface area contributed by atoms with Crippen molar-refractivity contribution < 1.29 is 4.74 Å². The molecule has 19 heavy (non-hydrogen) atoms. The molecule has 0 aliphatic heterocycles. The molecule has 1 aliphatic carbocycles. The first-order valence-electron chi connectivity index (χ1n) is 7.41. The zero-order valence-corrected chi connectivity index (χ0v) is 12.5. The molecule has 2 unspecified atom stereocenters. The van der Waals surface area contributed by atoms with E-state index in [1.807, 2.05) is 24.3 Å². The lowest BCUT2D eigenvalue weighted by atomic mass is 10.00. The summed E-state index contributed by atoms with van der Waals surface area (Å²) in [7, 11) is 0. The van der Waals surface area contributed by atoms with E-state index in [0.717, 1.165) is 36.3 Å². The minimum Gasteiger partial charge on any atom is -0.494 e. The van der Waals surface area contributed by atoms with Crippen molar-refractivity contribution >= 4 is 11.6 Å². The molecule has 1 N–H and O–H groups in total. The minimum atomic E-state index is 0.703. The monoisotopic (exact) mass is 281 g/mol. The summed E-state index contributed by atoms with van der Waals surface area (Å²) < 4.78 is 5.79. The number of hydrogen-bond donors (Lipinski definition) is 1. The van der Waals surface area contributed by atoms with Gasteiger partial charge >= 0.3 is 0 Å². The Labute approximate surface area is 121 Å². The summed E-state index contributed by atoms with van der Waals surface area (Å²) in [5, 5.41) is 4.42. The second-order valence-corrected chi connectivity index (χ2v) is 5.78. The van der Waals surface area contributed by atoms with Crippen LogP contribution < -0.4 is 10.1 Å². The van der Waals surface area contributed by atoms with E-state index < -0.39 is 0 Å². The third-order valence-corrected chi connectivity index (χ3v) is 4.14. The molecule has 0 heterocycles. The van der Waals surface area contributed by atoms with E-state index >= 15 is 0 Å². The van der Waals surface area contributed by atoms with Crippen molar-refractivity contribution in [2.75, 3.05) is 13.2 Å². The molecule has 0 spiro atoms. The van der Waals surface area contributed by atoms with Gasteiger partial charge in [0, 0.05) is 11.1 Å². The topological polar surface area (TPSA) is 21.3 Å². The Kier molecular flexibility index (Phi) is 5.99. The quantitative estimate of drug-likeness (QED) is 0.805. The third kappa shape index (κ3) is 4.70. The average Bonchev–Trinajstić information content (AvgIpc) is 2.86. The summed E-state index contributed by atoms with van der Waals surface area (Å²) in [6.07, 6.45) is 6.37. The first kappa shape index (κ1) is 14.7. The summed E-state index contributed by atoms with van der Waals surface area (Å²) in [6, 6.07) is 8.32. The number of rotatable bonds is 7. The number of hydrogen-bond acceptors (Lipinski definition) is 2. The number of benzene rings is 1. The smallest absolute Gasteiger partial charge is 0.119 e. The molecule has 1 aromatic carbocycles. The zero-order valence-electron chi connectivity index (χ0n) is 11.7. The van der Waals surface area contributed by atoms with Gasteiger partial charge < -0.3 is 10.1 Å². The van der Waals surface area contributed by atoms with Crippen LogP contribution in [0.25, 0.3) is 0 Å². The van der Waals surface area contributed by atoms with Crippen LogP contribution in [0.4, 0.5) is 0 Å². The van der Waals surface area contributed by atoms with Gasteiger partial charge in [-0.3, -0.25) is 0 Å². The summed E-state index contributed by atoms with van der Waals surface area (Å²) in [4.78, 5) is 0. The van der Waals surface area contributed by atoms with Crippen molar-refractivity contribution in [3.05, 3.63) is 29.3 Å². The molecule has 0 amide bonds. The molecule has 1 saturated carbocycles. The van der Waals surface area contributed by atoms with E-state index in [1.165, 1.54) is 25.7 Å². The maximum absolute atomic E-state index is 5.85. The Morgan fingerprint density at radius 3 is 2.79 bits per heavy atom. The summed E-state index contributed by atoms with van der Waals surface area (Å²) in [5.41, 5.74) is 0. The van der Waals surface area contributed by atoms with Crippen molar-refractivity contribution in [2.45, 2.75) is 45.1 Å². The van der Waals surface area contributed by atoms with Gasteiger partial charge in [0.25, 0.3) is 0 Å². The van der Waals surface area contributed by atoms with Gasteiger partial charge in [0.15, 0.2) is 0 Å². The van der Waals surface area contributed by atoms with Crippen LogP contribution in [0.2, 0.25) is 5.02 Å². The minimum absolute atomic E-state index is 0.703. The van der Waals surface area contributed by atoms with E-state index in [0.29, 0.717) is 6.04 Å². The van der Waals surface area contributed by atoms with E-state index in [1.54, 1.807) is 0 Å². The molecule has 1 aromatic rings. The van der Waals surface area contributed by atoms with Crippen LogP contribution in [0.1, 0.15) is 39.0 Å². The van der Waals surface area contributed by atoms with Gasteiger partial charge in [-0.1, -0.05) is 24.9 Å². The predicted molar refractivity (Wildman–Crippen MR) is 81.0 cm³/mol. The van der Waals surface area contributed by atoms with Gasteiger partial charge in [0.1, 0.15) is 5.75 Å². The molecule has 0 saturated heterocycles. The van der Waals surface area contributed by atoms with Gasteiger partial charge in [-0.2, -0.15) is 0 Å². The molecule has 1 aliphatic rings. The van der Waals surface area contributed by atoms with Gasteiger partial charge in [0.05, 0.1) is 6.61 Å². The molecule has 0 aromatic heterocycles. The number of nitrogens with one attached hydrogen (secondary N) is 1. The average molecular weight is 282 g/mol. The Balaban J connectivity index is 1.71. The fraction of sp³-hybridized carbons (Fsp3) is 0.625. The maximum Gasteiger partial charge on any atom is 0.119 e. The first-order chi connectivity index (χ1) is 9.29. The lowest BCUT2D eigenvalue weighted by Gasteiger charge is -2.21. The normalized spacial score (nSPS) is 22.6. The van der Waals surface area contributed by atoms with E-state index in [2.05, 4.69) is 12.2 Å². The summed E-state index contributed by atoms with van der Waals surface area (Å²) in [6.45, 7) is 4.16. The van der Waals surface area contributed by atoms with Crippen molar-refractivity contribution in [3.63, 3.8) is 0 Å². The lowest BCUT2D eigenvalue weighted by molar-refractivity contribution is 0.260. The Bertz CT molecular complexity index is 366. The summed E-state index contributed by atoms with van der Waals surface area (Å²) >= 11 is 5.85. The lowest BCUT2D eigenvalue weighted by Crippen LogP contribution is -2.33. The van der Waals surface area contributed by atoms with Crippen LogP contribution >= 0.6 is 11.6 Å².